The zero-order chi connectivity index (χ0) is 12.3. The Hall–Kier alpha value is -1.09. The van der Waals surface area contributed by atoms with E-state index in [1.807, 2.05) is 13.8 Å². The number of pyridine rings is 1. The highest BCUT2D eigenvalue weighted by molar-refractivity contribution is 5.12. The minimum atomic E-state index is 0.0410. The molecule has 0 spiro atoms. The third-order valence-corrected chi connectivity index (χ3v) is 2.93. The molecule has 3 heteroatoms. The summed E-state index contributed by atoms with van der Waals surface area (Å²) in [6.07, 6.45) is 0.762. The van der Waals surface area contributed by atoms with Crippen LogP contribution >= 0.6 is 0 Å². The lowest BCUT2D eigenvalue weighted by molar-refractivity contribution is 0.190. The molecular weight excluding hydrogens is 202 g/mol. The first-order valence-electron chi connectivity index (χ1n) is 5.65. The molecule has 16 heavy (non-hydrogen) atoms. The van der Waals surface area contributed by atoms with E-state index in [1.165, 1.54) is 0 Å². The fraction of sp³-hybridized carbons (Fsp3) is 0.615. The molecule has 0 saturated carbocycles. The largest absolute Gasteiger partial charge is 0.396 e. The molecular formula is C13H21NO2. The number of rotatable bonds is 4. The standard InChI is InChI=1S/C13H21NO2/c1-10-7-12(16)8-11(2)14(10)9-13(3,4)5-6-15/h7-8,15H,5-6,9H2,1-4H3. The monoisotopic (exact) mass is 223 g/mol. The highest BCUT2D eigenvalue weighted by Crippen LogP contribution is 2.23. The SMILES string of the molecule is Cc1cc(=O)cc(C)n1CC(C)(C)CCO. The summed E-state index contributed by atoms with van der Waals surface area (Å²) in [6.45, 7) is 9.17. The van der Waals surface area contributed by atoms with Crippen molar-refractivity contribution < 1.29 is 5.11 Å². The van der Waals surface area contributed by atoms with Gasteiger partial charge in [0.05, 0.1) is 0 Å². The number of aliphatic hydroxyl groups is 1. The van der Waals surface area contributed by atoms with Gasteiger partial charge in [-0.3, -0.25) is 4.79 Å². The van der Waals surface area contributed by atoms with Crippen LogP contribution in [0.15, 0.2) is 16.9 Å². The van der Waals surface area contributed by atoms with Gasteiger partial charge in [0, 0.05) is 36.7 Å². The lowest BCUT2D eigenvalue weighted by Gasteiger charge is -2.27. The number of nitrogens with zero attached hydrogens (tertiary/aromatic N) is 1. The predicted octanol–water partition coefficient (Wildman–Crippen LogP) is 1.87. The topological polar surface area (TPSA) is 42.2 Å². The van der Waals surface area contributed by atoms with Crippen LogP contribution in [0.2, 0.25) is 0 Å². The summed E-state index contributed by atoms with van der Waals surface area (Å²) in [6, 6.07) is 3.31. The van der Waals surface area contributed by atoms with Gasteiger partial charge in [0.1, 0.15) is 0 Å². The van der Waals surface area contributed by atoms with Crippen molar-refractivity contribution in [3.63, 3.8) is 0 Å². The molecule has 1 aromatic heterocycles. The van der Waals surface area contributed by atoms with Gasteiger partial charge in [-0.2, -0.15) is 0 Å². The van der Waals surface area contributed by atoms with Gasteiger partial charge in [0.2, 0.25) is 0 Å². The van der Waals surface area contributed by atoms with E-state index in [-0.39, 0.29) is 17.5 Å². The van der Waals surface area contributed by atoms with Crippen LogP contribution in [0.1, 0.15) is 31.7 Å². The van der Waals surface area contributed by atoms with E-state index < -0.39 is 0 Å². The summed E-state index contributed by atoms with van der Waals surface area (Å²) < 4.78 is 2.14. The van der Waals surface area contributed by atoms with E-state index in [0.717, 1.165) is 24.4 Å². The predicted molar refractivity (Wildman–Crippen MR) is 65.7 cm³/mol. The van der Waals surface area contributed by atoms with Gasteiger partial charge in [-0.15, -0.1) is 0 Å². The molecule has 0 atom stereocenters. The highest BCUT2D eigenvalue weighted by Gasteiger charge is 2.19. The second kappa shape index (κ2) is 4.83. The van der Waals surface area contributed by atoms with Crippen molar-refractivity contribution in [3.8, 4) is 0 Å². The van der Waals surface area contributed by atoms with E-state index in [4.69, 9.17) is 5.11 Å². The van der Waals surface area contributed by atoms with Crippen molar-refractivity contribution in [1.82, 2.24) is 4.57 Å². The first kappa shape index (κ1) is 13.0. The van der Waals surface area contributed by atoms with Gasteiger partial charge < -0.3 is 9.67 Å². The normalized spacial score (nSPS) is 11.8. The molecule has 0 amide bonds. The summed E-state index contributed by atoms with van der Waals surface area (Å²) in [4.78, 5) is 11.3. The molecule has 3 nitrogen and oxygen atoms in total. The Morgan fingerprint density at radius 1 is 1.25 bits per heavy atom. The van der Waals surface area contributed by atoms with E-state index >= 15 is 0 Å². The lowest BCUT2D eigenvalue weighted by atomic mass is 9.89. The van der Waals surface area contributed by atoms with Crippen molar-refractivity contribution in [2.24, 2.45) is 5.41 Å². The van der Waals surface area contributed by atoms with Crippen LogP contribution in [0.4, 0.5) is 0 Å². The molecule has 90 valence electrons. The van der Waals surface area contributed by atoms with E-state index in [2.05, 4.69) is 18.4 Å². The molecule has 0 fully saturated rings. The van der Waals surface area contributed by atoms with Crippen LogP contribution in [0.3, 0.4) is 0 Å². The van der Waals surface area contributed by atoms with Crippen LogP contribution in [-0.2, 0) is 6.54 Å². The maximum Gasteiger partial charge on any atom is 0.182 e. The average molecular weight is 223 g/mol. The van der Waals surface area contributed by atoms with Crippen molar-refractivity contribution in [2.75, 3.05) is 6.61 Å². The van der Waals surface area contributed by atoms with Crippen LogP contribution in [-0.4, -0.2) is 16.3 Å². The van der Waals surface area contributed by atoms with E-state index in [0.29, 0.717) is 0 Å². The maximum absolute atomic E-state index is 11.3. The molecule has 0 bridgehead atoms. The van der Waals surface area contributed by atoms with E-state index in [1.54, 1.807) is 12.1 Å². The van der Waals surface area contributed by atoms with Crippen LogP contribution < -0.4 is 5.43 Å². The summed E-state index contributed by atoms with van der Waals surface area (Å²) in [5, 5.41) is 9.00. The lowest BCUT2D eigenvalue weighted by Crippen LogP contribution is -2.25. The van der Waals surface area contributed by atoms with Crippen LogP contribution in [0, 0.1) is 19.3 Å². The molecule has 1 rings (SSSR count). The quantitative estimate of drug-likeness (QED) is 0.846. The zero-order valence-electron chi connectivity index (χ0n) is 10.6. The Balaban J connectivity index is 3.02. The third kappa shape index (κ3) is 3.20. The molecule has 0 aliphatic heterocycles. The summed E-state index contributed by atoms with van der Waals surface area (Å²) in [5.74, 6) is 0. The van der Waals surface area contributed by atoms with Crippen LogP contribution in [0.25, 0.3) is 0 Å². The summed E-state index contributed by atoms with van der Waals surface area (Å²) in [7, 11) is 0. The van der Waals surface area contributed by atoms with Gasteiger partial charge in [-0.25, -0.2) is 0 Å². The van der Waals surface area contributed by atoms with Gasteiger partial charge in [-0.05, 0) is 25.7 Å². The maximum atomic E-state index is 11.3. The fourth-order valence-corrected chi connectivity index (χ4v) is 1.95. The third-order valence-electron chi connectivity index (χ3n) is 2.93. The van der Waals surface area contributed by atoms with Crippen LogP contribution in [0.5, 0.6) is 0 Å². The molecule has 1 N–H and O–H groups in total. The van der Waals surface area contributed by atoms with Crippen molar-refractivity contribution in [3.05, 3.63) is 33.7 Å². The Morgan fingerprint density at radius 2 is 1.75 bits per heavy atom. The fourth-order valence-electron chi connectivity index (χ4n) is 1.95. The first-order valence-corrected chi connectivity index (χ1v) is 5.65. The smallest absolute Gasteiger partial charge is 0.182 e. The molecule has 0 aliphatic rings. The van der Waals surface area contributed by atoms with Crippen molar-refractivity contribution >= 4 is 0 Å². The molecule has 1 aromatic rings. The number of aliphatic hydroxyl groups excluding tert-OH is 1. The summed E-state index contributed by atoms with van der Waals surface area (Å²) in [5.41, 5.74) is 2.07. The first-order chi connectivity index (χ1) is 7.35. The Kier molecular flexibility index (Phi) is 3.92. The zero-order valence-corrected chi connectivity index (χ0v) is 10.6. The Bertz CT molecular complexity index is 392. The highest BCUT2D eigenvalue weighted by atomic mass is 16.3. The molecule has 0 aromatic carbocycles. The Morgan fingerprint density at radius 3 is 2.19 bits per heavy atom. The molecule has 1 heterocycles. The molecule has 0 saturated heterocycles. The molecule has 0 unspecified atom stereocenters. The number of aromatic nitrogens is 1. The van der Waals surface area contributed by atoms with Gasteiger partial charge in [0.15, 0.2) is 5.43 Å². The second-order valence-electron chi connectivity index (χ2n) is 5.20. The van der Waals surface area contributed by atoms with Crippen molar-refractivity contribution in [2.45, 2.75) is 40.7 Å². The summed E-state index contributed by atoms with van der Waals surface area (Å²) >= 11 is 0. The number of aryl methyl sites for hydroxylation is 2. The minimum Gasteiger partial charge on any atom is -0.396 e. The average Bonchev–Trinajstić information content (AvgIpc) is 2.11. The minimum absolute atomic E-state index is 0.0410. The van der Waals surface area contributed by atoms with Crippen molar-refractivity contribution in [1.29, 1.82) is 0 Å². The molecule has 0 radical (unpaired) electrons. The second-order valence-corrected chi connectivity index (χ2v) is 5.20. The number of hydrogen-bond donors (Lipinski definition) is 1. The van der Waals surface area contributed by atoms with E-state index in [9.17, 15) is 4.79 Å². The number of hydrogen-bond acceptors (Lipinski definition) is 2. The van der Waals surface area contributed by atoms with Gasteiger partial charge in [-0.1, -0.05) is 13.8 Å². The van der Waals surface area contributed by atoms with Gasteiger partial charge in [0.25, 0.3) is 0 Å². The Labute approximate surface area is 96.7 Å². The van der Waals surface area contributed by atoms with Gasteiger partial charge >= 0.3 is 0 Å². The molecule has 0 aliphatic carbocycles.